The summed E-state index contributed by atoms with van der Waals surface area (Å²) in [7, 11) is 1.58. The third kappa shape index (κ3) is 8.42. The van der Waals surface area contributed by atoms with Crippen molar-refractivity contribution in [1.82, 2.24) is 10.7 Å². The molecule has 0 aromatic heterocycles. The molecule has 1 atom stereocenters. The maximum Gasteiger partial charge on any atom is 0.262 e. The second kappa shape index (κ2) is 12.9. The Kier molecular flexibility index (Phi) is 9.69. The minimum atomic E-state index is -0.742. The van der Waals surface area contributed by atoms with E-state index in [9.17, 15) is 9.59 Å². The van der Waals surface area contributed by atoms with Crippen molar-refractivity contribution in [3.05, 3.63) is 92.9 Å². The first-order valence-corrected chi connectivity index (χ1v) is 11.9. The predicted octanol–water partition coefficient (Wildman–Crippen LogP) is 4.89. The van der Waals surface area contributed by atoms with Crippen molar-refractivity contribution in [2.45, 2.75) is 26.0 Å². The second-order valence-corrected chi connectivity index (χ2v) is 8.94. The molecule has 2 N–H and O–H groups in total. The van der Waals surface area contributed by atoms with Gasteiger partial charge in [-0.15, -0.1) is 0 Å². The number of halogens is 2. The molecule has 0 radical (unpaired) electrons. The number of carbonyl (C=O) groups is 2. The molecule has 0 saturated heterocycles. The van der Waals surface area contributed by atoms with Gasteiger partial charge in [0.2, 0.25) is 5.91 Å². The molecule has 0 aliphatic heterocycles. The topological polar surface area (TPSA) is 89.0 Å². The van der Waals surface area contributed by atoms with Gasteiger partial charge in [0, 0.05) is 5.02 Å². The minimum Gasteiger partial charge on any atom is -0.497 e. The predicted molar refractivity (Wildman–Crippen MR) is 140 cm³/mol. The van der Waals surface area contributed by atoms with E-state index in [1.807, 2.05) is 42.5 Å². The molecule has 7 nitrogen and oxygen atoms in total. The van der Waals surface area contributed by atoms with Crippen LogP contribution in [0.1, 0.15) is 23.6 Å². The van der Waals surface area contributed by atoms with E-state index in [0.29, 0.717) is 23.1 Å². The first-order valence-electron chi connectivity index (χ1n) is 10.8. The molecule has 0 bridgehead atoms. The van der Waals surface area contributed by atoms with E-state index in [1.54, 1.807) is 38.3 Å². The first kappa shape index (κ1) is 26.2. The zero-order chi connectivity index (χ0) is 25.2. The third-order valence-electron chi connectivity index (χ3n) is 4.95. The van der Waals surface area contributed by atoms with Gasteiger partial charge in [-0.3, -0.25) is 9.59 Å². The van der Waals surface area contributed by atoms with Crippen LogP contribution in [-0.2, 0) is 22.6 Å². The molecule has 1 unspecified atom stereocenters. The highest BCUT2D eigenvalue weighted by Gasteiger charge is 2.15. The van der Waals surface area contributed by atoms with Gasteiger partial charge in [-0.2, -0.15) is 5.10 Å². The Labute approximate surface area is 217 Å². The number of nitrogens with zero attached hydrogens (tertiary/aromatic N) is 1. The molecule has 3 aromatic carbocycles. The van der Waals surface area contributed by atoms with Gasteiger partial charge >= 0.3 is 0 Å². The molecule has 0 aliphatic carbocycles. The largest absolute Gasteiger partial charge is 0.497 e. The van der Waals surface area contributed by atoms with Crippen molar-refractivity contribution in [2.24, 2.45) is 5.10 Å². The summed E-state index contributed by atoms with van der Waals surface area (Å²) in [6.45, 7) is 2.00. The average molecular weight is 559 g/mol. The number of hydrogen-bond donors (Lipinski definition) is 2. The van der Waals surface area contributed by atoms with E-state index in [2.05, 4.69) is 31.8 Å². The van der Waals surface area contributed by atoms with E-state index in [0.717, 1.165) is 21.2 Å². The molecule has 0 saturated carbocycles. The third-order valence-corrected chi connectivity index (χ3v) is 5.82. The van der Waals surface area contributed by atoms with Crippen LogP contribution in [0.4, 0.5) is 0 Å². The van der Waals surface area contributed by atoms with Gasteiger partial charge in [0.15, 0.2) is 0 Å². The highest BCUT2D eigenvalue weighted by atomic mass is 79.9. The Hall–Kier alpha value is -3.36. The average Bonchev–Trinajstić information content (AvgIpc) is 2.85. The fraction of sp³-hybridized carbons (Fsp3) is 0.192. The lowest BCUT2D eigenvalue weighted by Gasteiger charge is -2.12. The van der Waals surface area contributed by atoms with Crippen LogP contribution in [0.15, 0.2) is 76.3 Å². The molecule has 2 amide bonds. The number of methoxy groups -OCH3 is 1. The van der Waals surface area contributed by atoms with E-state index in [1.165, 1.54) is 6.21 Å². The van der Waals surface area contributed by atoms with Crippen molar-refractivity contribution < 1.29 is 19.1 Å². The number of amides is 2. The Morgan fingerprint density at radius 2 is 1.74 bits per heavy atom. The molecule has 3 aromatic rings. The SMILES string of the molecule is COc1ccc(CC(=O)NC(C)C(=O)NN=Cc2ccc(OCc3ccc(Cl)cc3)c(Br)c2)cc1. The maximum absolute atomic E-state index is 12.3. The standard InChI is InChI=1S/C26H25BrClN3O4/c1-17(30-25(32)14-18-5-10-22(34-2)11-6-18)26(33)31-29-15-20-7-12-24(23(27)13-20)35-16-19-3-8-21(28)9-4-19/h3-13,15,17H,14,16H2,1-2H3,(H,30,32)(H,31,33). The van der Waals surface area contributed by atoms with Crippen LogP contribution in [0.25, 0.3) is 0 Å². The van der Waals surface area contributed by atoms with E-state index in [4.69, 9.17) is 21.1 Å². The molecule has 0 spiro atoms. The molecule has 0 fully saturated rings. The molecular formula is C26H25BrClN3O4. The van der Waals surface area contributed by atoms with Gasteiger partial charge in [-0.25, -0.2) is 5.43 Å². The maximum atomic E-state index is 12.3. The van der Waals surface area contributed by atoms with Crippen molar-refractivity contribution >= 4 is 45.6 Å². The van der Waals surface area contributed by atoms with E-state index >= 15 is 0 Å². The van der Waals surface area contributed by atoms with E-state index < -0.39 is 11.9 Å². The van der Waals surface area contributed by atoms with Gasteiger partial charge in [0.1, 0.15) is 24.1 Å². The Morgan fingerprint density at radius 1 is 1.06 bits per heavy atom. The summed E-state index contributed by atoms with van der Waals surface area (Å²) in [5, 5.41) is 7.32. The van der Waals surface area contributed by atoms with Crippen LogP contribution in [-0.4, -0.2) is 31.2 Å². The quantitative estimate of drug-likeness (QED) is 0.274. The number of hydrogen-bond acceptors (Lipinski definition) is 5. The van der Waals surface area contributed by atoms with Gasteiger partial charge in [-0.1, -0.05) is 35.9 Å². The van der Waals surface area contributed by atoms with Gasteiger partial charge in [-0.05, 0) is 82.0 Å². The summed E-state index contributed by atoms with van der Waals surface area (Å²) in [6, 6.07) is 19.3. The van der Waals surface area contributed by atoms with Crippen LogP contribution >= 0.6 is 27.5 Å². The van der Waals surface area contributed by atoms with Gasteiger partial charge in [0.25, 0.3) is 5.91 Å². The molecule has 0 heterocycles. The second-order valence-electron chi connectivity index (χ2n) is 7.65. The zero-order valence-electron chi connectivity index (χ0n) is 19.3. The first-order chi connectivity index (χ1) is 16.8. The molecular weight excluding hydrogens is 534 g/mol. The number of benzene rings is 3. The number of nitrogens with one attached hydrogen (secondary N) is 2. The molecule has 35 heavy (non-hydrogen) atoms. The number of ether oxygens (including phenoxy) is 2. The van der Waals surface area contributed by atoms with Gasteiger partial charge in [0.05, 0.1) is 24.2 Å². The number of rotatable bonds is 10. The Bertz CT molecular complexity index is 1180. The molecule has 9 heteroatoms. The highest BCUT2D eigenvalue weighted by Crippen LogP contribution is 2.26. The van der Waals surface area contributed by atoms with Crippen LogP contribution in [0.2, 0.25) is 5.02 Å². The Balaban J connectivity index is 1.45. The smallest absolute Gasteiger partial charge is 0.262 e. The van der Waals surface area contributed by atoms with Gasteiger partial charge < -0.3 is 14.8 Å². The van der Waals surface area contributed by atoms with Crippen molar-refractivity contribution in [1.29, 1.82) is 0 Å². The normalized spacial score (nSPS) is 11.7. The summed E-state index contributed by atoms with van der Waals surface area (Å²) in [6.07, 6.45) is 1.67. The van der Waals surface area contributed by atoms with Crippen molar-refractivity contribution in [3.63, 3.8) is 0 Å². The van der Waals surface area contributed by atoms with Crippen molar-refractivity contribution in [3.8, 4) is 11.5 Å². The summed E-state index contributed by atoms with van der Waals surface area (Å²) < 4.78 is 11.7. The summed E-state index contributed by atoms with van der Waals surface area (Å²) in [4.78, 5) is 24.5. The lowest BCUT2D eigenvalue weighted by Crippen LogP contribution is -2.43. The molecule has 0 aliphatic rings. The fourth-order valence-corrected chi connectivity index (χ4v) is 3.65. The summed E-state index contributed by atoms with van der Waals surface area (Å²) in [5.74, 6) is 0.701. The van der Waals surface area contributed by atoms with Crippen LogP contribution in [0.3, 0.4) is 0 Å². The summed E-state index contributed by atoms with van der Waals surface area (Å²) in [5.41, 5.74) is 5.02. The van der Waals surface area contributed by atoms with Crippen LogP contribution in [0.5, 0.6) is 11.5 Å². The fourth-order valence-electron chi connectivity index (χ4n) is 3.01. The Morgan fingerprint density at radius 3 is 2.40 bits per heavy atom. The van der Waals surface area contributed by atoms with Crippen LogP contribution in [0, 0.1) is 0 Å². The zero-order valence-corrected chi connectivity index (χ0v) is 21.6. The van der Waals surface area contributed by atoms with Crippen LogP contribution < -0.4 is 20.2 Å². The monoisotopic (exact) mass is 557 g/mol. The molecule has 182 valence electrons. The lowest BCUT2D eigenvalue weighted by molar-refractivity contribution is -0.128. The van der Waals surface area contributed by atoms with Crippen molar-refractivity contribution in [2.75, 3.05) is 7.11 Å². The van der Waals surface area contributed by atoms with E-state index in [-0.39, 0.29) is 12.3 Å². The number of hydrazone groups is 1. The lowest BCUT2D eigenvalue weighted by atomic mass is 10.1. The number of carbonyl (C=O) groups excluding carboxylic acids is 2. The summed E-state index contributed by atoms with van der Waals surface area (Å²) >= 11 is 9.39. The molecule has 3 rings (SSSR count). The highest BCUT2D eigenvalue weighted by molar-refractivity contribution is 9.10. The minimum absolute atomic E-state index is 0.158.